The summed E-state index contributed by atoms with van der Waals surface area (Å²) >= 11 is 0. The number of nitrogens with two attached hydrogens (primary N) is 1. The number of halogens is 2. The lowest BCUT2D eigenvalue weighted by Crippen LogP contribution is -2.28. The van der Waals surface area contributed by atoms with Gasteiger partial charge in [-0.3, -0.25) is 0 Å². The van der Waals surface area contributed by atoms with E-state index in [-0.39, 0.29) is 13.2 Å². The summed E-state index contributed by atoms with van der Waals surface area (Å²) in [4.78, 5) is -0.668. The van der Waals surface area contributed by atoms with Crippen molar-refractivity contribution in [2.24, 2.45) is 5.92 Å². The minimum absolute atomic E-state index is 0.0196. The molecule has 2 rings (SSSR count). The zero-order valence-electron chi connectivity index (χ0n) is 10.7. The molecule has 1 saturated carbocycles. The molecule has 0 spiro atoms. The Bertz CT molecular complexity index is 589. The van der Waals surface area contributed by atoms with Gasteiger partial charge in [0.25, 0.3) is 0 Å². The highest BCUT2D eigenvalue weighted by atomic mass is 32.2. The van der Waals surface area contributed by atoms with Gasteiger partial charge in [-0.1, -0.05) is 0 Å². The molecular formula is C12H16F2N2O3S. The highest BCUT2D eigenvalue weighted by molar-refractivity contribution is 7.89. The van der Waals surface area contributed by atoms with Crippen molar-refractivity contribution in [2.75, 3.05) is 25.5 Å². The molecule has 1 aliphatic carbocycles. The molecule has 0 unspecified atom stereocenters. The molecule has 0 amide bonds. The fourth-order valence-corrected chi connectivity index (χ4v) is 2.72. The fourth-order valence-electron chi connectivity index (χ4n) is 1.61. The zero-order valence-corrected chi connectivity index (χ0v) is 11.6. The van der Waals surface area contributed by atoms with E-state index in [0.29, 0.717) is 18.6 Å². The van der Waals surface area contributed by atoms with Crippen LogP contribution < -0.4 is 10.5 Å². The summed E-state index contributed by atoms with van der Waals surface area (Å²) in [5.74, 6) is -1.58. The second-order valence-electron chi connectivity index (χ2n) is 4.72. The van der Waals surface area contributed by atoms with Crippen LogP contribution in [0.4, 0.5) is 14.5 Å². The van der Waals surface area contributed by atoms with E-state index in [4.69, 9.17) is 10.5 Å². The lowest BCUT2D eigenvalue weighted by Gasteiger charge is -2.09. The number of sulfonamides is 1. The highest BCUT2D eigenvalue weighted by Crippen LogP contribution is 2.28. The summed E-state index contributed by atoms with van der Waals surface area (Å²) in [5, 5.41) is 0. The SMILES string of the molecule is Nc1cc(S(=O)(=O)NCCOCC2CC2)c(F)cc1F. The molecule has 3 N–H and O–H groups in total. The van der Waals surface area contributed by atoms with Gasteiger partial charge < -0.3 is 10.5 Å². The second-order valence-corrected chi connectivity index (χ2v) is 6.46. The Morgan fingerprint density at radius 1 is 1.30 bits per heavy atom. The first-order valence-corrected chi connectivity index (χ1v) is 7.70. The predicted octanol–water partition coefficient (Wildman–Crippen LogP) is 1.25. The van der Waals surface area contributed by atoms with Crippen molar-refractivity contribution in [3.63, 3.8) is 0 Å². The lowest BCUT2D eigenvalue weighted by molar-refractivity contribution is 0.129. The number of hydrogen-bond acceptors (Lipinski definition) is 4. The monoisotopic (exact) mass is 306 g/mol. The van der Waals surface area contributed by atoms with Crippen LogP contribution in [0.1, 0.15) is 12.8 Å². The molecule has 5 nitrogen and oxygen atoms in total. The van der Waals surface area contributed by atoms with Gasteiger partial charge in [-0.2, -0.15) is 0 Å². The number of benzene rings is 1. The van der Waals surface area contributed by atoms with Crippen molar-refractivity contribution in [1.82, 2.24) is 4.72 Å². The normalized spacial score (nSPS) is 15.5. The van der Waals surface area contributed by atoms with Crippen molar-refractivity contribution < 1.29 is 21.9 Å². The van der Waals surface area contributed by atoms with E-state index in [0.717, 1.165) is 18.9 Å². The number of rotatable bonds is 7. The Balaban J connectivity index is 1.93. The molecule has 1 aliphatic rings. The molecule has 20 heavy (non-hydrogen) atoms. The van der Waals surface area contributed by atoms with Gasteiger partial charge in [-0.15, -0.1) is 0 Å². The molecule has 0 aliphatic heterocycles. The summed E-state index contributed by atoms with van der Waals surface area (Å²) in [6, 6.07) is 1.21. The molecule has 1 aromatic carbocycles. The Morgan fingerprint density at radius 3 is 2.65 bits per heavy atom. The predicted molar refractivity (Wildman–Crippen MR) is 69.5 cm³/mol. The molecule has 8 heteroatoms. The second kappa shape index (κ2) is 6.02. The van der Waals surface area contributed by atoms with E-state index in [1.165, 1.54) is 0 Å². The summed E-state index contributed by atoms with van der Waals surface area (Å²) in [5.41, 5.74) is 4.82. The number of anilines is 1. The Kier molecular flexibility index (Phi) is 4.56. The van der Waals surface area contributed by atoms with Gasteiger partial charge in [0.2, 0.25) is 10.0 Å². The average molecular weight is 306 g/mol. The van der Waals surface area contributed by atoms with Crippen LogP contribution in [0.2, 0.25) is 0 Å². The Morgan fingerprint density at radius 2 is 2.00 bits per heavy atom. The van der Waals surface area contributed by atoms with E-state index in [1.807, 2.05) is 0 Å². The molecule has 0 heterocycles. The number of nitrogen functional groups attached to an aromatic ring is 1. The van der Waals surface area contributed by atoms with Gasteiger partial charge >= 0.3 is 0 Å². The van der Waals surface area contributed by atoms with Crippen LogP contribution in [0.3, 0.4) is 0 Å². The smallest absolute Gasteiger partial charge is 0.243 e. The molecule has 0 bridgehead atoms. The first-order valence-electron chi connectivity index (χ1n) is 6.22. The molecule has 1 fully saturated rings. The van der Waals surface area contributed by atoms with E-state index >= 15 is 0 Å². The van der Waals surface area contributed by atoms with Gasteiger partial charge in [0.15, 0.2) is 0 Å². The maximum atomic E-state index is 13.5. The fraction of sp³-hybridized carbons (Fsp3) is 0.500. The van der Waals surface area contributed by atoms with Gasteiger partial charge in [-0.05, 0) is 24.8 Å². The van der Waals surface area contributed by atoms with E-state index in [2.05, 4.69) is 4.72 Å². The van der Waals surface area contributed by atoms with Crippen LogP contribution >= 0.6 is 0 Å². The quantitative estimate of drug-likeness (QED) is 0.587. The largest absolute Gasteiger partial charge is 0.396 e. The first-order chi connectivity index (χ1) is 9.40. The third-order valence-electron chi connectivity index (χ3n) is 2.93. The molecule has 112 valence electrons. The first kappa shape index (κ1) is 15.1. The summed E-state index contributed by atoms with van der Waals surface area (Å²) in [6.07, 6.45) is 2.29. The number of hydrogen-bond donors (Lipinski definition) is 2. The van der Waals surface area contributed by atoms with Gasteiger partial charge in [0.1, 0.15) is 16.5 Å². The molecule has 0 aromatic heterocycles. The van der Waals surface area contributed by atoms with Crippen molar-refractivity contribution in [3.8, 4) is 0 Å². The van der Waals surface area contributed by atoms with Crippen LogP contribution in [0, 0.1) is 17.6 Å². The molecule has 0 atom stereocenters. The van der Waals surface area contributed by atoms with Gasteiger partial charge in [0.05, 0.1) is 12.3 Å². The zero-order chi connectivity index (χ0) is 14.8. The number of ether oxygens (including phenoxy) is 1. The Labute approximate surface area is 116 Å². The molecular weight excluding hydrogens is 290 g/mol. The molecule has 1 aromatic rings. The summed E-state index contributed by atoms with van der Waals surface area (Å²) in [6.45, 7) is 0.833. The van der Waals surface area contributed by atoms with Crippen molar-refractivity contribution in [1.29, 1.82) is 0 Å². The van der Waals surface area contributed by atoms with Crippen LogP contribution in [-0.2, 0) is 14.8 Å². The van der Waals surface area contributed by atoms with Crippen molar-refractivity contribution in [3.05, 3.63) is 23.8 Å². The minimum atomic E-state index is -4.07. The lowest BCUT2D eigenvalue weighted by atomic mass is 10.3. The minimum Gasteiger partial charge on any atom is -0.396 e. The van der Waals surface area contributed by atoms with Crippen molar-refractivity contribution in [2.45, 2.75) is 17.7 Å². The highest BCUT2D eigenvalue weighted by Gasteiger charge is 2.22. The maximum absolute atomic E-state index is 13.5. The third-order valence-corrected chi connectivity index (χ3v) is 4.41. The van der Waals surface area contributed by atoms with Crippen LogP contribution in [0.15, 0.2) is 17.0 Å². The maximum Gasteiger partial charge on any atom is 0.243 e. The standard InChI is InChI=1S/C12H16F2N2O3S/c13-9-5-10(14)12(6-11(9)15)20(17,18)16-3-4-19-7-8-1-2-8/h5-6,8,16H,1-4,7,15H2. The average Bonchev–Trinajstić information content (AvgIpc) is 3.17. The molecule has 0 saturated heterocycles. The van der Waals surface area contributed by atoms with Crippen molar-refractivity contribution >= 4 is 15.7 Å². The van der Waals surface area contributed by atoms with E-state index in [1.54, 1.807) is 0 Å². The number of nitrogens with one attached hydrogen (secondary N) is 1. The van der Waals surface area contributed by atoms with E-state index in [9.17, 15) is 17.2 Å². The van der Waals surface area contributed by atoms with Crippen LogP contribution in [0.25, 0.3) is 0 Å². The third kappa shape index (κ3) is 3.87. The summed E-state index contributed by atoms with van der Waals surface area (Å²) < 4.78 is 57.6. The topological polar surface area (TPSA) is 81.4 Å². The van der Waals surface area contributed by atoms with Gasteiger partial charge in [0, 0.05) is 19.2 Å². The van der Waals surface area contributed by atoms with Crippen LogP contribution in [-0.4, -0.2) is 28.2 Å². The molecule has 0 radical (unpaired) electrons. The van der Waals surface area contributed by atoms with E-state index < -0.39 is 32.2 Å². The summed E-state index contributed by atoms with van der Waals surface area (Å²) in [7, 11) is -4.07. The van der Waals surface area contributed by atoms with Crippen LogP contribution in [0.5, 0.6) is 0 Å². The Hall–Kier alpha value is -1.25. The van der Waals surface area contributed by atoms with Gasteiger partial charge in [-0.25, -0.2) is 21.9 Å².